The fourth-order valence-electron chi connectivity index (χ4n) is 0. The van der Waals surface area contributed by atoms with Crippen molar-refractivity contribution in [3.8, 4) is 0 Å². The van der Waals surface area contributed by atoms with Gasteiger partial charge in [0, 0.05) is 0 Å². The van der Waals surface area contributed by atoms with Crippen LogP contribution in [0.25, 0.3) is 0 Å². The Kier molecular flexibility index (Phi) is 143. The van der Waals surface area contributed by atoms with E-state index in [0.29, 0.717) is 20.3 Å². The molecule has 0 radical (unpaired) electrons. The van der Waals surface area contributed by atoms with Crippen LogP contribution >= 0.6 is 0 Å². The van der Waals surface area contributed by atoms with Crippen LogP contribution in [0.3, 0.4) is 0 Å². The van der Waals surface area contributed by atoms with Gasteiger partial charge in [-0.1, -0.05) is 13.8 Å². The van der Waals surface area contributed by atoms with E-state index in [2.05, 4.69) is 0 Å². The van der Waals surface area contributed by atoms with Crippen LogP contribution in [0.5, 0.6) is 0 Å². The summed E-state index contributed by atoms with van der Waals surface area (Å²) in [5, 5.41) is 0. The van der Waals surface area contributed by atoms with Gasteiger partial charge in [0.2, 0.25) is 0 Å². The summed E-state index contributed by atoms with van der Waals surface area (Å²) in [4.78, 5) is 0. The number of hydrogen-bond acceptors (Lipinski definition) is 0. The van der Waals surface area contributed by atoms with Gasteiger partial charge in [-0.15, -0.1) is 0 Å². The predicted octanol–water partition coefficient (Wildman–Crippen LogP) is 1.44. The molecule has 0 spiro atoms. The van der Waals surface area contributed by atoms with Crippen LogP contribution in [0, 0.1) is 0 Å². The average molecular weight is 244 g/mol. The van der Waals surface area contributed by atoms with Crippen molar-refractivity contribution in [1.29, 1.82) is 0 Å². The molecule has 0 nitrogen and oxygen atoms in total. The molecule has 2 heteroatoms. The van der Waals surface area contributed by atoms with Crippen molar-refractivity contribution in [1.82, 2.24) is 0 Å². The molecule has 0 aromatic carbocycles. The third-order valence-corrected chi connectivity index (χ3v) is 0. The minimum atomic E-state index is 0.639. The van der Waals surface area contributed by atoms with Gasteiger partial charge in [-0.3, -0.25) is 0 Å². The van der Waals surface area contributed by atoms with E-state index >= 15 is 0 Å². The molecule has 0 heterocycles. The van der Waals surface area contributed by atoms with E-state index < -0.39 is 0 Å². The van der Waals surface area contributed by atoms with E-state index in [1.807, 2.05) is 13.8 Å². The molecule has 0 aromatic heterocycles. The SMILES string of the molecule is CC.[F][Pt]. The maximum atomic E-state index is 9.47. The number of hydrogen-bond donors (Lipinski definition) is 0. The van der Waals surface area contributed by atoms with Crippen molar-refractivity contribution < 1.29 is 23.5 Å². The summed E-state index contributed by atoms with van der Waals surface area (Å²) < 4.78 is 9.47. The molecule has 0 N–H and O–H groups in total. The Balaban J connectivity index is 0. The van der Waals surface area contributed by atoms with Gasteiger partial charge in [-0.2, -0.15) is 0 Å². The van der Waals surface area contributed by atoms with Crippen molar-refractivity contribution >= 4 is 0 Å². The summed E-state index contributed by atoms with van der Waals surface area (Å²) in [6.07, 6.45) is 0. The fraction of sp³-hybridized carbons (Fsp3) is 1.00. The summed E-state index contributed by atoms with van der Waals surface area (Å²) in [5.41, 5.74) is 0. The van der Waals surface area contributed by atoms with Crippen LogP contribution in [-0.2, 0) is 20.3 Å². The summed E-state index contributed by atoms with van der Waals surface area (Å²) in [6.45, 7) is 4.00. The molecule has 31 valence electrons. The zero-order valence-corrected chi connectivity index (χ0v) is 4.97. The molecular weight excluding hydrogens is 238 g/mol. The van der Waals surface area contributed by atoms with Crippen molar-refractivity contribution in [2.75, 3.05) is 0 Å². The zero-order chi connectivity index (χ0) is 4.00. The number of halogens is 1. The molecule has 4 heavy (non-hydrogen) atoms. The van der Waals surface area contributed by atoms with E-state index in [-0.39, 0.29) is 0 Å². The first-order valence-electron chi connectivity index (χ1n) is 1.12. The van der Waals surface area contributed by atoms with Crippen LogP contribution < -0.4 is 0 Å². The van der Waals surface area contributed by atoms with Gasteiger partial charge in [0.1, 0.15) is 0 Å². The molecule has 0 aromatic rings. The second-order valence-electron chi connectivity index (χ2n) is 0. The van der Waals surface area contributed by atoms with Crippen molar-refractivity contribution in [2.45, 2.75) is 13.8 Å². The second-order valence-corrected chi connectivity index (χ2v) is 0. The summed E-state index contributed by atoms with van der Waals surface area (Å²) in [7, 11) is 0. The normalized spacial score (nSPS) is 3.25. The third-order valence-electron chi connectivity index (χ3n) is 0. The van der Waals surface area contributed by atoms with Gasteiger partial charge in [-0.05, 0) is 0 Å². The summed E-state index contributed by atoms with van der Waals surface area (Å²) in [6, 6.07) is 0. The molecule has 0 aliphatic heterocycles. The van der Waals surface area contributed by atoms with E-state index in [4.69, 9.17) is 0 Å². The molecule has 0 saturated heterocycles. The van der Waals surface area contributed by atoms with E-state index in [9.17, 15) is 3.16 Å². The van der Waals surface area contributed by atoms with Gasteiger partial charge in [0.05, 0.1) is 0 Å². The topological polar surface area (TPSA) is 0 Å². The van der Waals surface area contributed by atoms with Crippen LogP contribution in [0.15, 0.2) is 0 Å². The second kappa shape index (κ2) is 64.9. The fourth-order valence-corrected chi connectivity index (χ4v) is 0. The van der Waals surface area contributed by atoms with Crippen molar-refractivity contribution in [3.05, 3.63) is 0 Å². The molecule has 0 atom stereocenters. The molecule has 0 aliphatic rings. The molecule has 0 bridgehead atoms. The Morgan fingerprint density at radius 1 is 1.25 bits per heavy atom. The Labute approximate surface area is 37.9 Å². The third kappa shape index (κ3) is 17.9. The van der Waals surface area contributed by atoms with Gasteiger partial charge >= 0.3 is 23.5 Å². The standard InChI is InChI=1S/C2H6.FH.Pt/c1-2;;/h1-2H3;1H;/q;;+1/p-1. The average Bonchev–Trinajstić information content (AvgIpc) is 1.50. The monoisotopic (exact) mass is 244 g/mol. The Hall–Kier alpha value is 0.618. The van der Waals surface area contributed by atoms with Crippen LogP contribution in [0.4, 0.5) is 3.16 Å². The van der Waals surface area contributed by atoms with Crippen LogP contribution in [0.2, 0.25) is 0 Å². The Bertz CT molecular complexity index is 6.00. The predicted molar refractivity (Wildman–Crippen MR) is 12.5 cm³/mol. The first kappa shape index (κ1) is 8.82. The zero-order valence-electron chi connectivity index (χ0n) is 2.69. The molecule has 0 rings (SSSR count). The van der Waals surface area contributed by atoms with Crippen LogP contribution in [-0.4, -0.2) is 0 Å². The molecular formula is C2H6FPt. The summed E-state index contributed by atoms with van der Waals surface area (Å²) >= 11 is 0.639. The van der Waals surface area contributed by atoms with E-state index in [0.717, 1.165) is 0 Å². The number of rotatable bonds is 0. The summed E-state index contributed by atoms with van der Waals surface area (Å²) in [5.74, 6) is 0. The molecule has 0 fully saturated rings. The maximum absolute atomic E-state index is 9.47. The molecule has 0 unspecified atom stereocenters. The van der Waals surface area contributed by atoms with Gasteiger partial charge in [0.15, 0.2) is 0 Å². The van der Waals surface area contributed by atoms with Gasteiger partial charge in [-0.25, -0.2) is 0 Å². The minimum absolute atomic E-state index is 0.639. The first-order valence-corrected chi connectivity index (χ1v) is 1.98. The molecule has 0 amide bonds. The Morgan fingerprint density at radius 3 is 1.25 bits per heavy atom. The first-order chi connectivity index (χ1) is 2.00. The molecule has 0 aliphatic carbocycles. The van der Waals surface area contributed by atoms with E-state index in [1.165, 1.54) is 0 Å². The van der Waals surface area contributed by atoms with E-state index in [1.54, 1.807) is 0 Å². The van der Waals surface area contributed by atoms with Crippen LogP contribution in [0.1, 0.15) is 13.8 Å². The van der Waals surface area contributed by atoms with Gasteiger partial charge < -0.3 is 0 Å². The van der Waals surface area contributed by atoms with Crippen molar-refractivity contribution in [3.63, 3.8) is 0 Å². The quantitative estimate of drug-likeness (QED) is 0.605. The van der Waals surface area contributed by atoms with Gasteiger partial charge in [0.25, 0.3) is 0 Å². The Morgan fingerprint density at radius 2 is 1.25 bits per heavy atom. The van der Waals surface area contributed by atoms with Crippen molar-refractivity contribution in [2.24, 2.45) is 0 Å². The molecule has 0 saturated carbocycles.